The number of carbonyl (C=O) groups excluding carboxylic acids is 1. The summed E-state index contributed by atoms with van der Waals surface area (Å²) in [6.07, 6.45) is 5.58. The van der Waals surface area contributed by atoms with Gasteiger partial charge in [-0.15, -0.1) is 0 Å². The van der Waals surface area contributed by atoms with Crippen molar-refractivity contribution in [2.75, 3.05) is 0 Å². The summed E-state index contributed by atoms with van der Waals surface area (Å²) in [5.41, 5.74) is 3.31. The molecule has 0 aliphatic carbocycles. The second kappa shape index (κ2) is 9.01. The SMILES string of the molecule is Cc1c(Oc2ccnc(-c3ccn(C)c3)c2)cccc1C(=O)NCc1ccc(F)c(F)c1. The first kappa shape index (κ1) is 21.2. The monoisotopic (exact) mass is 433 g/mol. The maximum Gasteiger partial charge on any atom is 0.251 e. The maximum absolute atomic E-state index is 13.4. The van der Waals surface area contributed by atoms with Crippen LogP contribution in [0.4, 0.5) is 8.78 Å². The van der Waals surface area contributed by atoms with Gasteiger partial charge >= 0.3 is 0 Å². The van der Waals surface area contributed by atoms with Crippen molar-refractivity contribution < 1.29 is 18.3 Å². The number of nitrogens with zero attached hydrogens (tertiary/aromatic N) is 2. The number of aryl methyl sites for hydroxylation is 1. The molecule has 0 bridgehead atoms. The van der Waals surface area contributed by atoms with Gasteiger partial charge in [0.1, 0.15) is 11.5 Å². The predicted octanol–water partition coefficient (Wildman–Crippen LogP) is 5.40. The molecule has 2 aromatic heterocycles. The highest BCUT2D eigenvalue weighted by Crippen LogP contribution is 2.29. The van der Waals surface area contributed by atoms with Gasteiger partial charge in [-0.05, 0) is 48.9 Å². The number of benzene rings is 2. The molecule has 5 nitrogen and oxygen atoms in total. The number of ether oxygens (including phenoxy) is 1. The third-order valence-electron chi connectivity index (χ3n) is 5.05. The molecule has 0 spiro atoms. The normalized spacial score (nSPS) is 10.8. The van der Waals surface area contributed by atoms with Gasteiger partial charge in [0, 0.05) is 54.9 Å². The lowest BCUT2D eigenvalue weighted by Gasteiger charge is -2.13. The van der Waals surface area contributed by atoms with Crippen molar-refractivity contribution in [3.8, 4) is 22.8 Å². The first-order chi connectivity index (χ1) is 15.4. The molecule has 1 amide bonds. The van der Waals surface area contributed by atoms with Crippen LogP contribution in [0.1, 0.15) is 21.5 Å². The minimum absolute atomic E-state index is 0.0748. The van der Waals surface area contributed by atoms with Gasteiger partial charge in [-0.3, -0.25) is 9.78 Å². The molecular formula is C25H21F2N3O2. The molecule has 0 unspecified atom stereocenters. The van der Waals surface area contributed by atoms with Crippen molar-refractivity contribution in [1.29, 1.82) is 0 Å². The van der Waals surface area contributed by atoms with Crippen LogP contribution in [0.3, 0.4) is 0 Å². The van der Waals surface area contributed by atoms with Gasteiger partial charge in [0.15, 0.2) is 11.6 Å². The molecule has 1 N–H and O–H groups in total. The van der Waals surface area contributed by atoms with Gasteiger partial charge in [-0.2, -0.15) is 0 Å². The third-order valence-corrected chi connectivity index (χ3v) is 5.05. The summed E-state index contributed by atoms with van der Waals surface area (Å²) >= 11 is 0. The second-order valence-corrected chi connectivity index (χ2v) is 7.40. The van der Waals surface area contributed by atoms with Gasteiger partial charge in [0.2, 0.25) is 0 Å². The fraction of sp³-hybridized carbons (Fsp3) is 0.120. The topological polar surface area (TPSA) is 56.2 Å². The highest BCUT2D eigenvalue weighted by molar-refractivity contribution is 5.96. The Morgan fingerprint density at radius 3 is 2.69 bits per heavy atom. The summed E-state index contributed by atoms with van der Waals surface area (Å²) in [5, 5.41) is 2.73. The average molecular weight is 433 g/mol. The van der Waals surface area contributed by atoms with Gasteiger partial charge in [-0.25, -0.2) is 8.78 Å². The molecule has 0 radical (unpaired) electrons. The number of hydrogen-bond acceptors (Lipinski definition) is 3. The molecule has 0 atom stereocenters. The number of amides is 1. The first-order valence-corrected chi connectivity index (χ1v) is 9.98. The van der Waals surface area contributed by atoms with Crippen LogP contribution in [0.25, 0.3) is 11.3 Å². The van der Waals surface area contributed by atoms with Crippen LogP contribution in [0.15, 0.2) is 73.2 Å². The van der Waals surface area contributed by atoms with Crippen LogP contribution in [0, 0.1) is 18.6 Å². The zero-order valence-corrected chi connectivity index (χ0v) is 17.6. The van der Waals surface area contributed by atoms with Crippen LogP contribution in [-0.4, -0.2) is 15.5 Å². The van der Waals surface area contributed by atoms with E-state index in [1.807, 2.05) is 36.1 Å². The summed E-state index contributed by atoms with van der Waals surface area (Å²) in [5.74, 6) is -1.07. The van der Waals surface area contributed by atoms with Crippen LogP contribution >= 0.6 is 0 Å². The third kappa shape index (κ3) is 4.67. The van der Waals surface area contributed by atoms with E-state index in [1.54, 1.807) is 37.4 Å². The first-order valence-electron chi connectivity index (χ1n) is 9.98. The number of nitrogens with one attached hydrogen (secondary N) is 1. The summed E-state index contributed by atoms with van der Waals surface area (Å²) in [4.78, 5) is 17.1. The van der Waals surface area contributed by atoms with Crippen molar-refractivity contribution >= 4 is 5.91 Å². The summed E-state index contributed by atoms with van der Waals surface area (Å²) in [6, 6.07) is 14.3. The number of pyridine rings is 1. The Bertz CT molecular complexity index is 1280. The van der Waals surface area contributed by atoms with Crippen LogP contribution in [-0.2, 0) is 13.6 Å². The molecule has 2 aromatic carbocycles. The molecule has 7 heteroatoms. The molecule has 4 rings (SSSR count). The summed E-state index contributed by atoms with van der Waals surface area (Å²) < 4.78 is 34.4. The minimum atomic E-state index is -0.949. The Balaban J connectivity index is 1.50. The minimum Gasteiger partial charge on any atom is -0.457 e. The Morgan fingerprint density at radius 1 is 1.09 bits per heavy atom. The molecule has 2 heterocycles. The number of rotatable bonds is 6. The Kier molecular flexibility index (Phi) is 5.98. The van der Waals surface area contributed by atoms with Crippen LogP contribution in [0.2, 0.25) is 0 Å². The molecule has 4 aromatic rings. The van der Waals surface area contributed by atoms with Gasteiger partial charge in [-0.1, -0.05) is 12.1 Å². The molecule has 0 fully saturated rings. The lowest BCUT2D eigenvalue weighted by Crippen LogP contribution is -2.23. The predicted molar refractivity (Wildman–Crippen MR) is 117 cm³/mol. The van der Waals surface area contributed by atoms with E-state index in [9.17, 15) is 13.6 Å². The molecule has 0 saturated carbocycles. The van der Waals surface area contributed by atoms with E-state index < -0.39 is 11.6 Å². The van der Waals surface area contributed by atoms with E-state index in [0.717, 1.165) is 23.4 Å². The van der Waals surface area contributed by atoms with Crippen LogP contribution in [0.5, 0.6) is 11.5 Å². The Morgan fingerprint density at radius 2 is 1.94 bits per heavy atom. The maximum atomic E-state index is 13.4. The molecule has 0 saturated heterocycles. The number of halogens is 2. The van der Waals surface area contributed by atoms with Gasteiger partial charge in [0.25, 0.3) is 5.91 Å². The molecule has 162 valence electrons. The number of carbonyl (C=O) groups is 1. The molecule has 0 aliphatic heterocycles. The highest BCUT2D eigenvalue weighted by Gasteiger charge is 2.14. The quantitative estimate of drug-likeness (QED) is 0.443. The zero-order chi connectivity index (χ0) is 22.7. The Hall–Kier alpha value is -4.00. The van der Waals surface area contributed by atoms with E-state index in [1.165, 1.54) is 6.07 Å². The average Bonchev–Trinajstić information content (AvgIpc) is 3.22. The molecule has 0 aliphatic rings. The summed E-state index contributed by atoms with van der Waals surface area (Å²) in [7, 11) is 1.94. The van der Waals surface area contributed by atoms with Gasteiger partial charge < -0.3 is 14.6 Å². The standard InChI is InChI=1S/C25H21F2N3O2/c1-16-20(25(31)29-14-17-6-7-21(26)22(27)12-17)4-3-5-24(16)32-19-8-10-28-23(13-19)18-9-11-30(2)15-18/h3-13,15H,14H2,1-2H3,(H,29,31). The van der Waals surface area contributed by atoms with E-state index in [2.05, 4.69) is 10.3 Å². The van der Waals surface area contributed by atoms with Crippen molar-refractivity contribution in [3.05, 3.63) is 102 Å². The summed E-state index contributed by atoms with van der Waals surface area (Å²) in [6.45, 7) is 1.87. The van der Waals surface area contributed by atoms with Crippen molar-refractivity contribution in [3.63, 3.8) is 0 Å². The largest absolute Gasteiger partial charge is 0.457 e. The van der Waals surface area contributed by atoms with E-state index in [-0.39, 0.29) is 12.5 Å². The van der Waals surface area contributed by atoms with E-state index in [0.29, 0.717) is 28.2 Å². The number of aromatic nitrogens is 2. The lowest BCUT2D eigenvalue weighted by atomic mass is 10.1. The lowest BCUT2D eigenvalue weighted by molar-refractivity contribution is 0.0950. The molecular weight excluding hydrogens is 412 g/mol. The van der Waals surface area contributed by atoms with Crippen molar-refractivity contribution in [2.24, 2.45) is 7.05 Å². The van der Waals surface area contributed by atoms with E-state index >= 15 is 0 Å². The van der Waals surface area contributed by atoms with Crippen LogP contribution < -0.4 is 10.1 Å². The highest BCUT2D eigenvalue weighted by atomic mass is 19.2. The van der Waals surface area contributed by atoms with Crippen molar-refractivity contribution in [2.45, 2.75) is 13.5 Å². The fourth-order valence-electron chi connectivity index (χ4n) is 3.31. The van der Waals surface area contributed by atoms with E-state index in [4.69, 9.17) is 4.74 Å². The molecule has 32 heavy (non-hydrogen) atoms. The van der Waals surface area contributed by atoms with Crippen molar-refractivity contribution in [1.82, 2.24) is 14.9 Å². The van der Waals surface area contributed by atoms with Gasteiger partial charge in [0.05, 0.1) is 5.69 Å². The Labute approximate surface area is 184 Å². The number of hydrogen-bond donors (Lipinski definition) is 1. The zero-order valence-electron chi connectivity index (χ0n) is 17.6. The fourth-order valence-corrected chi connectivity index (χ4v) is 3.31. The second-order valence-electron chi connectivity index (χ2n) is 7.40. The smallest absolute Gasteiger partial charge is 0.251 e.